The van der Waals surface area contributed by atoms with Crippen molar-refractivity contribution in [2.75, 3.05) is 18.1 Å². The lowest BCUT2D eigenvalue weighted by atomic mass is 9.89. The van der Waals surface area contributed by atoms with Crippen molar-refractivity contribution in [3.8, 4) is 0 Å². The molecule has 1 unspecified atom stereocenters. The van der Waals surface area contributed by atoms with Crippen molar-refractivity contribution >= 4 is 23.8 Å². The van der Waals surface area contributed by atoms with E-state index in [2.05, 4.69) is 9.98 Å². The summed E-state index contributed by atoms with van der Waals surface area (Å²) in [5.74, 6) is -0.971. The molecule has 1 aliphatic heterocycles. The maximum atomic E-state index is 13.1. The molecule has 2 heterocycles. The molecule has 0 bridgehead atoms. The van der Waals surface area contributed by atoms with E-state index in [0.29, 0.717) is 30.1 Å². The first-order valence-corrected chi connectivity index (χ1v) is 9.09. The van der Waals surface area contributed by atoms with Crippen molar-refractivity contribution in [1.82, 2.24) is 4.98 Å². The van der Waals surface area contributed by atoms with Crippen LogP contribution in [-0.2, 0) is 9.53 Å². The van der Waals surface area contributed by atoms with Crippen molar-refractivity contribution in [1.29, 1.82) is 0 Å². The molecule has 0 spiro atoms. The number of hydrogen-bond acceptors (Lipinski definition) is 5. The number of benzene rings is 1. The molecule has 27 heavy (non-hydrogen) atoms. The number of aliphatic imine (C=N–C) groups is 1. The second-order valence-corrected chi connectivity index (χ2v) is 6.56. The summed E-state index contributed by atoms with van der Waals surface area (Å²) in [4.78, 5) is 35.6. The number of aromatic nitrogens is 1. The Balaban J connectivity index is 1.83. The van der Waals surface area contributed by atoms with Crippen LogP contribution >= 0.6 is 0 Å². The summed E-state index contributed by atoms with van der Waals surface area (Å²) in [5, 5.41) is 0. The fourth-order valence-corrected chi connectivity index (χ4v) is 2.96. The van der Waals surface area contributed by atoms with Gasteiger partial charge in [-0.25, -0.2) is 9.88 Å². The zero-order valence-corrected chi connectivity index (χ0v) is 15.5. The van der Waals surface area contributed by atoms with Gasteiger partial charge in [0.15, 0.2) is 0 Å². The van der Waals surface area contributed by atoms with Crippen molar-refractivity contribution in [3.63, 3.8) is 0 Å². The number of hydrogen-bond donors (Lipinski definition) is 0. The normalized spacial score (nSPS) is 17.0. The molecular formula is C21H23N3O3. The van der Waals surface area contributed by atoms with Crippen molar-refractivity contribution in [2.45, 2.75) is 32.3 Å². The molecule has 0 aliphatic carbocycles. The smallest absolute Gasteiger partial charge is 0.266 e. The summed E-state index contributed by atoms with van der Waals surface area (Å²) in [5.41, 5.74) is 1.18. The minimum Gasteiger partial charge on any atom is -0.379 e. The van der Waals surface area contributed by atoms with Gasteiger partial charge in [-0.15, -0.1) is 0 Å². The van der Waals surface area contributed by atoms with Crippen LogP contribution in [0.15, 0.2) is 53.7 Å². The molecule has 0 saturated carbocycles. The van der Waals surface area contributed by atoms with Crippen molar-refractivity contribution < 1.29 is 14.3 Å². The highest BCUT2D eigenvalue weighted by molar-refractivity contribution is 6.28. The van der Waals surface area contributed by atoms with E-state index in [1.807, 2.05) is 19.9 Å². The lowest BCUT2D eigenvalue weighted by Crippen LogP contribution is -2.45. The van der Waals surface area contributed by atoms with Crippen LogP contribution in [0.5, 0.6) is 0 Å². The van der Waals surface area contributed by atoms with Crippen LogP contribution in [0.25, 0.3) is 0 Å². The maximum absolute atomic E-state index is 13.1. The summed E-state index contributed by atoms with van der Waals surface area (Å²) < 4.78 is 5.50. The second kappa shape index (κ2) is 8.68. The van der Waals surface area contributed by atoms with Crippen molar-refractivity contribution in [2.24, 2.45) is 4.99 Å². The van der Waals surface area contributed by atoms with Gasteiger partial charge in [-0.1, -0.05) is 24.3 Å². The molecule has 0 saturated heterocycles. The lowest BCUT2D eigenvalue weighted by Gasteiger charge is -2.30. The molecule has 1 aromatic heterocycles. The first kappa shape index (κ1) is 18.9. The van der Waals surface area contributed by atoms with E-state index in [1.54, 1.807) is 48.8 Å². The fourth-order valence-electron chi connectivity index (χ4n) is 2.96. The Hall–Kier alpha value is -2.86. The molecule has 1 aromatic carbocycles. The first-order chi connectivity index (χ1) is 13.1. The summed E-state index contributed by atoms with van der Waals surface area (Å²) in [6.45, 7) is 5.17. The van der Waals surface area contributed by atoms with Gasteiger partial charge in [0.1, 0.15) is 5.82 Å². The van der Waals surface area contributed by atoms with Crippen LogP contribution in [0.2, 0.25) is 0 Å². The Morgan fingerprint density at radius 1 is 1.19 bits per heavy atom. The number of carbonyl (C=O) groups is 2. The van der Waals surface area contributed by atoms with Gasteiger partial charge in [0.05, 0.1) is 12.0 Å². The first-order valence-electron chi connectivity index (χ1n) is 9.09. The monoisotopic (exact) mass is 365 g/mol. The molecule has 0 radical (unpaired) electrons. The van der Waals surface area contributed by atoms with Crippen molar-refractivity contribution in [3.05, 3.63) is 59.8 Å². The van der Waals surface area contributed by atoms with E-state index in [-0.39, 0.29) is 17.9 Å². The zero-order chi connectivity index (χ0) is 19.2. The number of imide groups is 1. The molecule has 6 nitrogen and oxygen atoms in total. The molecule has 6 heteroatoms. The molecule has 1 aliphatic rings. The largest absolute Gasteiger partial charge is 0.379 e. The molecule has 1 atom stereocenters. The van der Waals surface area contributed by atoms with Crippen LogP contribution < -0.4 is 4.90 Å². The molecule has 0 N–H and O–H groups in total. The second-order valence-electron chi connectivity index (χ2n) is 6.56. The van der Waals surface area contributed by atoms with Gasteiger partial charge in [-0.2, -0.15) is 0 Å². The van der Waals surface area contributed by atoms with Gasteiger partial charge in [0, 0.05) is 31.1 Å². The Kier molecular flexibility index (Phi) is 6.08. The third-order valence-corrected chi connectivity index (χ3v) is 4.23. The summed E-state index contributed by atoms with van der Waals surface area (Å²) in [6, 6.07) is 12.3. The van der Waals surface area contributed by atoms with E-state index >= 15 is 0 Å². The van der Waals surface area contributed by atoms with Crippen LogP contribution in [0, 0.1) is 0 Å². The van der Waals surface area contributed by atoms with E-state index < -0.39 is 5.92 Å². The number of ether oxygens (including phenoxy) is 1. The van der Waals surface area contributed by atoms with Gasteiger partial charge < -0.3 is 4.74 Å². The van der Waals surface area contributed by atoms with Crippen LogP contribution in [0.1, 0.15) is 42.1 Å². The Labute approximate surface area is 158 Å². The van der Waals surface area contributed by atoms with E-state index in [4.69, 9.17) is 4.74 Å². The zero-order valence-electron chi connectivity index (χ0n) is 15.5. The molecule has 2 aromatic rings. The standard InChI is InChI=1S/C21H23N3O3/c1-15(2)27-13-7-11-22-14-18-16-8-3-4-9-17(16)20(25)24(21(18)26)19-10-5-6-12-23-19/h3-6,8-10,12,14-15,18H,7,11,13H2,1-2H3. The number of fused-ring (bicyclic) bond motifs is 1. The highest BCUT2D eigenvalue weighted by Gasteiger charge is 2.39. The Morgan fingerprint density at radius 2 is 1.96 bits per heavy atom. The Bertz CT molecular complexity index is 834. The molecule has 3 rings (SSSR count). The average Bonchev–Trinajstić information content (AvgIpc) is 2.67. The minimum absolute atomic E-state index is 0.193. The van der Waals surface area contributed by atoms with Gasteiger partial charge in [-0.05, 0) is 44.0 Å². The Morgan fingerprint density at radius 3 is 2.70 bits per heavy atom. The maximum Gasteiger partial charge on any atom is 0.266 e. The molecular weight excluding hydrogens is 342 g/mol. The number of anilines is 1. The van der Waals surface area contributed by atoms with Crippen LogP contribution in [0.4, 0.5) is 5.82 Å². The number of nitrogens with zero attached hydrogens (tertiary/aromatic N) is 3. The van der Waals surface area contributed by atoms with Gasteiger partial charge >= 0.3 is 0 Å². The third-order valence-electron chi connectivity index (χ3n) is 4.23. The number of amides is 2. The number of carbonyl (C=O) groups excluding carboxylic acids is 2. The highest BCUT2D eigenvalue weighted by atomic mass is 16.5. The highest BCUT2D eigenvalue weighted by Crippen LogP contribution is 2.30. The van der Waals surface area contributed by atoms with E-state index in [0.717, 1.165) is 11.3 Å². The van der Waals surface area contributed by atoms with Gasteiger partial charge in [0.2, 0.25) is 5.91 Å². The lowest BCUT2D eigenvalue weighted by molar-refractivity contribution is -0.118. The molecule has 2 amide bonds. The summed E-state index contributed by atoms with van der Waals surface area (Å²) in [7, 11) is 0. The minimum atomic E-state index is -0.605. The number of rotatable bonds is 7. The molecule has 0 fully saturated rings. The predicted octanol–water partition coefficient (Wildman–Crippen LogP) is 3.24. The van der Waals surface area contributed by atoms with E-state index in [9.17, 15) is 9.59 Å². The third kappa shape index (κ3) is 4.28. The van der Waals surface area contributed by atoms with E-state index in [1.165, 1.54) is 0 Å². The quantitative estimate of drug-likeness (QED) is 0.429. The summed E-state index contributed by atoms with van der Waals surface area (Å²) in [6.07, 6.45) is 4.17. The van der Waals surface area contributed by atoms with Crippen LogP contribution in [0.3, 0.4) is 0 Å². The van der Waals surface area contributed by atoms with Gasteiger partial charge in [-0.3, -0.25) is 14.6 Å². The fraction of sp³-hybridized carbons (Fsp3) is 0.333. The summed E-state index contributed by atoms with van der Waals surface area (Å²) >= 11 is 0. The average molecular weight is 365 g/mol. The van der Waals surface area contributed by atoms with Crippen LogP contribution in [-0.4, -0.2) is 42.3 Å². The molecule has 140 valence electrons. The number of pyridine rings is 1. The topological polar surface area (TPSA) is 71.9 Å². The SMILES string of the molecule is CC(C)OCCCN=CC1C(=O)N(c2ccccn2)C(=O)c2ccccc21. The predicted molar refractivity (Wildman–Crippen MR) is 104 cm³/mol. The van der Waals surface area contributed by atoms with Gasteiger partial charge in [0.25, 0.3) is 5.91 Å².